The highest BCUT2D eigenvalue weighted by molar-refractivity contribution is 5.95. The highest BCUT2D eigenvalue weighted by Gasteiger charge is 2.15. The van der Waals surface area contributed by atoms with Gasteiger partial charge in [0.1, 0.15) is 5.82 Å². The van der Waals surface area contributed by atoms with Crippen LogP contribution in [0.3, 0.4) is 0 Å². The Bertz CT molecular complexity index is 933. The number of aromatic nitrogens is 2. The number of nitrogens with one attached hydrogen (secondary N) is 1. The third-order valence-corrected chi connectivity index (χ3v) is 3.54. The molecule has 0 unspecified atom stereocenters. The van der Waals surface area contributed by atoms with E-state index in [1.165, 1.54) is 16.8 Å². The molecule has 116 valence electrons. The molecule has 1 aromatic heterocycles. The highest BCUT2D eigenvalue weighted by Crippen LogP contribution is 2.08. The molecular formula is C17H14FN3O2. The zero-order valence-electron chi connectivity index (χ0n) is 12.4. The molecule has 0 aliphatic heterocycles. The minimum Gasteiger partial charge on any atom is -0.346 e. The number of hydrogen-bond acceptors (Lipinski definition) is 3. The lowest BCUT2D eigenvalue weighted by Crippen LogP contribution is -2.31. The number of amides is 1. The Kier molecular flexibility index (Phi) is 3.89. The van der Waals surface area contributed by atoms with E-state index in [2.05, 4.69) is 10.4 Å². The van der Waals surface area contributed by atoms with Crippen LogP contribution in [0.2, 0.25) is 0 Å². The van der Waals surface area contributed by atoms with Gasteiger partial charge in [-0.25, -0.2) is 4.39 Å². The number of carbonyl (C=O) groups is 1. The van der Waals surface area contributed by atoms with Crippen LogP contribution in [0.1, 0.15) is 16.1 Å². The van der Waals surface area contributed by atoms with Crippen LogP contribution in [-0.2, 0) is 13.6 Å². The normalized spacial score (nSPS) is 10.7. The summed E-state index contributed by atoms with van der Waals surface area (Å²) in [7, 11) is 1.68. The number of halogens is 1. The van der Waals surface area contributed by atoms with Crippen molar-refractivity contribution in [3.05, 3.63) is 75.8 Å². The van der Waals surface area contributed by atoms with Gasteiger partial charge in [-0.15, -0.1) is 0 Å². The number of carbonyl (C=O) groups excluding carboxylic acids is 1. The maximum Gasteiger partial charge on any atom is 0.276 e. The minimum atomic E-state index is -0.555. The molecule has 3 aromatic rings. The van der Waals surface area contributed by atoms with Crippen LogP contribution in [0.25, 0.3) is 10.9 Å². The first-order chi connectivity index (χ1) is 11.1. The fourth-order valence-corrected chi connectivity index (χ4v) is 2.34. The smallest absolute Gasteiger partial charge is 0.276 e. The first-order valence-electron chi connectivity index (χ1n) is 7.05. The fraction of sp³-hybridized carbons (Fsp3) is 0.118. The van der Waals surface area contributed by atoms with E-state index in [1.54, 1.807) is 43.4 Å². The van der Waals surface area contributed by atoms with Gasteiger partial charge in [0, 0.05) is 19.0 Å². The van der Waals surface area contributed by atoms with E-state index < -0.39 is 11.3 Å². The number of para-hydroxylation sites is 1. The molecule has 2 aromatic carbocycles. The highest BCUT2D eigenvalue weighted by atomic mass is 19.1. The SMILES string of the molecule is Cn1nc(C(=O)NCc2ccc(F)cc2)c(=O)c2ccccc21. The topological polar surface area (TPSA) is 64.0 Å². The third-order valence-electron chi connectivity index (χ3n) is 3.54. The predicted octanol–water partition coefficient (Wildman–Crippen LogP) is 2.00. The summed E-state index contributed by atoms with van der Waals surface area (Å²) in [6.45, 7) is 0.191. The van der Waals surface area contributed by atoms with Crippen LogP contribution in [0, 0.1) is 5.82 Å². The summed E-state index contributed by atoms with van der Waals surface area (Å²) in [5.41, 5.74) is 0.827. The molecule has 1 heterocycles. The van der Waals surface area contributed by atoms with Crippen LogP contribution in [0.5, 0.6) is 0 Å². The largest absolute Gasteiger partial charge is 0.346 e. The number of benzene rings is 2. The molecule has 0 saturated carbocycles. The van der Waals surface area contributed by atoms with Gasteiger partial charge in [-0.1, -0.05) is 24.3 Å². The molecule has 0 saturated heterocycles. The molecule has 1 amide bonds. The molecule has 0 bridgehead atoms. The first kappa shape index (κ1) is 14.9. The third kappa shape index (κ3) is 2.96. The summed E-state index contributed by atoms with van der Waals surface area (Å²) in [6.07, 6.45) is 0. The zero-order chi connectivity index (χ0) is 16.4. The van der Waals surface area contributed by atoms with Crippen molar-refractivity contribution in [2.45, 2.75) is 6.54 Å². The lowest BCUT2D eigenvalue weighted by Gasteiger charge is -2.08. The Morgan fingerprint density at radius 1 is 1.17 bits per heavy atom. The van der Waals surface area contributed by atoms with Gasteiger partial charge in [0.05, 0.1) is 5.52 Å². The van der Waals surface area contributed by atoms with Crippen molar-refractivity contribution in [3.8, 4) is 0 Å². The minimum absolute atomic E-state index is 0.159. The molecule has 0 aliphatic carbocycles. The summed E-state index contributed by atoms with van der Waals surface area (Å²) in [5, 5.41) is 7.13. The second kappa shape index (κ2) is 6.00. The van der Waals surface area contributed by atoms with Crippen LogP contribution >= 0.6 is 0 Å². The van der Waals surface area contributed by atoms with Crippen LogP contribution in [-0.4, -0.2) is 15.7 Å². The number of nitrogens with zero attached hydrogens (tertiary/aromatic N) is 2. The molecule has 0 aliphatic rings. The maximum absolute atomic E-state index is 12.9. The molecule has 5 nitrogen and oxygen atoms in total. The molecule has 23 heavy (non-hydrogen) atoms. The van der Waals surface area contributed by atoms with Gasteiger partial charge in [0.25, 0.3) is 5.91 Å². The van der Waals surface area contributed by atoms with Crippen molar-refractivity contribution in [2.75, 3.05) is 0 Å². The summed E-state index contributed by atoms with van der Waals surface area (Å²) < 4.78 is 14.4. The van der Waals surface area contributed by atoms with Crippen LogP contribution in [0.15, 0.2) is 53.3 Å². The van der Waals surface area contributed by atoms with E-state index >= 15 is 0 Å². The van der Waals surface area contributed by atoms with E-state index in [0.29, 0.717) is 10.9 Å². The summed E-state index contributed by atoms with van der Waals surface area (Å²) in [6, 6.07) is 12.7. The Balaban J connectivity index is 1.88. The van der Waals surface area contributed by atoms with Crippen molar-refractivity contribution >= 4 is 16.8 Å². The number of aryl methyl sites for hydroxylation is 1. The quantitative estimate of drug-likeness (QED) is 0.804. The van der Waals surface area contributed by atoms with E-state index in [9.17, 15) is 14.0 Å². The summed E-state index contributed by atoms with van der Waals surface area (Å²) >= 11 is 0. The molecule has 3 rings (SSSR count). The van der Waals surface area contributed by atoms with Crippen molar-refractivity contribution in [3.63, 3.8) is 0 Å². The van der Waals surface area contributed by atoms with Crippen molar-refractivity contribution in [1.29, 1.82) is 0 Å². The molecular weight excluding hydrogens is 297 g/mol. The predicted molar refractivity (Wildman–Crippen MR) is 84.6 cm³/mol. The van der Waals surface area contributed by atoms with E-state index in [0.717, 1.165) is 5.56 Å². The standard InChI is InChI=1S/C17H14FN3O2/c1-21-14-5-3-2-4-13(14)16(22)15(20-21)17(23)19-10-11-6-8-12(18)9-7-11/h2-9H,10H2,1H3,(H,19,23). The second-order valence-electron chi connectivity index (χ2n) is 5.13. The van der Waals surface area contributed by atoms with Crippen molar-refractivity contribution in [2.24, 2.45) is 7.05 Å². The van der Waals surface area contributed by atoms with E-state index in [1.807, 2.05) is 0 Å². The van der Waals surface area contributed by atoms with Gasteiger partial charge >= 0.3 is 0 Å². The molecule has 0 radical (unpaired) electrons. The number of rotatable bonds is 3. The zero-order valence-corrected chi connectivity index (χ0v) is 12.4. The van der Waals surface area contributed by atoms with E-state index in [4.69, 9.17) is 0 Å². The summed E-state index contributed by atoms with van der Waals surface area (Å²) in [4.78, 5) is 24.6. The lowest BCUT2D eigenvalue weighted by molar-refractivity contribution is 0.0943. The number of fused-ring (bicyclic) bond motifs is 1. The first-order valence-corrected chi connectivity index (χ1v) is 7.05. The lowest BCUT2D eigenvalue weighted by atomic mass is 10.2. The Hall–Kier alpha value is -3.02. The monoisotopic (exact) mass is 311 g/mol. The van der Waals surface area contributed by atoms with Crippen molar-refractivity contribution < 1.29 is 9.18 Å². The molecule has 0 spiro atoms. The molecule has 6 heteroatoms. The van der Waals surface area contributed by atoms with Crippen LogP contribution < -0.4 is 10.7 Å². The second-order valence-corrected chi connectivity index (χ2v) is 5.13. The van der Waals surface area contributed by atoms with Gasteiger partial charge in [-0.3, -0.25) is 14.3 Å². The van der Waals surface area contributed by atoms with Gasteiger partial charge in [0.15, 0.2) is 5.69 Å². The van der Waals surface area contributed by atoms with Gasteiger partial charge in [-0.2, -0.15) is 5.10 Å². The maximum atomic E-state index is 12.9. The molecule has 0 atom stereocenters. The van der Waals surface area contributed by atoms with E-state index in [-0.39, 0.29) is 18.1 Å². The van der Waals surface area contributed by atoms with Crippen LogP contribution in [0.4, 0.5) is 4.39 Å². The van der Waals surface area contributed by atoms with Gasteiger partial charge in [-0.05, 0) is 29.8 Å². The average molecular weight is 311 g/mol. The van der Waals surface area contributed by atoms with Crippen molar-refractivity contribution in [1.82, 2.24) is 15.1 Å². The number of hydrogen-bond donors (Lipinski definition) is 1. The average Bonchev–Trinajstić information content (AvgIpc) is 2.57. The van der Waals surface area contributed by atoms with Gasteiger partial charge in [0.2, 0.25) is 5.43 Å². The molecule has 1 N–H and O–H groups in total. The fourth-order valence-electron chi connectivity index (χ4n) is 2.34. The summed E-state index contributed by atoms with van der Waals surface area (Å²) in [5.74, 6) is -0.897. The Morgan fingerprint density at radius 3 is 2.61 bits per heavy atom. The van der Waals surface area contributed by atoms with Gasteiger partial charge < -0.3 is 5.32 Å². The molecule has 0 fully saturated rings. The Morgan fingerprint density at radius 2 is 1.87 bits per heavy atom. The Labute approximate surface area is 131 Å².